The van der Waals surface area contributed by atoms with E-state index in [2.05, 4.69) is 10.6 Å². The van der Waals surface area contributed by atoms with Gasteiger partial charge >= 0.3 is 5.97 Å². The number of hydrogen-bond donors (Lipinski definition) is 2. The molecule has 0 bridgehead atoms. The van der Waals surface area contributed by atoms with Gasteiger partial charge in [-0.1, -0.05) is 0 Å². The van der Waals surface area contributed by atoms with E-state index in [4.69, 9.17) is 9.47 Å². The second-order valence-corrected chi connectivity index (χ2v) is 5.55. The van der Waals surface area contributed by atoms with Crippen LogP contribution in [0, 0.1) is 11.8 Å². The summed E-state index contributed by atoms with van der Waals surface area (Å²) in [6, 6.07) is 0. The molecule has 2 aliphatic heterocycles. The van der Waals surface area contributed by atoms with Crippen molar-refractivity contribution in [1.29, 1.82) is 0 Å². The van der Waals surface area contributed by atoms with Gasteiger partial charge in [0.15, 0.2) is 0 Å². The van der Waals surface area contributed by atoms with E-state index in [-0.39, 0.29) is 18.0 Å². The molecule has 2 heterocycles. The van der Waals surface area contributed by atoms with Crippen molar-refractivity contribution >= 4 is 5.97 Å². The Bertz CT molecular complexity index is 274. The molecule has 5 heteroatoms. The topological polar surface area (TPSA) is 59.6 Å². The van der Waals surface area contributed by atoms with E-state index in [1.165, 1.54) is 12.8 Å². The van der Waals surface area contributed by atoms with Crippen LogP contribution in [0.2, 0.25) is 0 Å². The number of morpholine rings is 1. The summed E-state index contributed by atoms with van der Waals surface area (Å²) < 4.78 is 11.0. The van der Waals surface area contributed by atoms with Crippen molar-refractivity contribution in [3.05, 3.63) is 0 Å². The third-order valence-electron chi connectivity index (χ3n) is 4.11. The summed E-state index contributed by atoms with van der Waals surface area (Å²) in [5, 5.41) is 6.58. The minimum absolute atomic E-state index is 0.0415. The van der Waals surface area contributed by atoms with Gasteiger partial charge in [-0.05, 0) is 45.2 Å². The first-order valence-electron chi connectivity index (χ1n) is 7.47. The Balaban J connectivity index is 1.62. The Labute approximate surface area is 115 Å². The summed E-state index contributed by atoms with van der Waals surface area (Å²) in [4.78, 5) is 11.9. The lowest BCUT2D eigenvalue weighted by Crippen LogP contribution is -2.44. The standard InChI is InChI=1S/C14H26N2O3/c1-11(13-10-16-7-9-18-13)14(17)19-8-4-12-2-5-15-6-3-12/h11-13,15-16H,2-10H2,1H3. The van der Waals surface area contributed by atoms with Gasteiger partial charge < -0.3 is 20.1 Å². The molecule has 0 saturated carbocycles. The van der Waals surface area contributed by atoms with Gasteiger partial charge in [0.1, 0.15) is 0 Å². The molecule has 5 nitrogen and oxygen atoms in total. The molecule has 0 amide bonds. The lowest BCUT2D eigenvalue weighted by atomic mass is 9.95. The van der Waals surface area contributed by atoms with Crippen molar-refractivity contribution in [2.24, 2.45) is 11.8 Å². The van der Waals surface area contributed by atoms with Crippen LogP contribution in [0.3, 0.4) is 0 Å². The summed E-state index contributed by atoms with van der Waals surface area (Å²) in [5.74, 6) is 0.403. The van der Waals surface area contributed by atoms with Crippen LogP contribution in [0.4, 0.5) is 0 Å². The molecule has 2 fully saturated rings. The van der Waals surface area contributed by atoms with Crippen LogP contribution < -0.4 is 10.6 Å². The van der Waals surface area contributed by atoms with Crippen LogP contribution >= 0.6 is 0 Å². The summed E-state index contributed by atoms with van der Waals surface area (Å²) in [6.45, 7) is 6.92. The number of piperidine rings is 1. The van der Waals surface area contributed by atoms with Crippen molar-refractivity contribution in [3.63, 3.8) is 0 Å². The van der Waals surface area contributed by atoms with Gasteiger partial charge in [0.25, 0.3) is 0 Å². The van der Waals surface area contributed by atoms with Crippen molar-refractivity contribution in [2.45, 2.75) is 32.3 Å². The Morgan fingerprint density at radius 3 is 2.79 bits per heavy atom. The van der Waals surface area contributed by atoms with Gasteiger partial charge in [-0.2, -0.15) is 0 Å². The smallest absolute Gasteiger partial charge is 0.311 e. The number of rotatable bonds is 5. The Morgan fingerprint density at radius 2 is 2.11 bits per heavy atom. The quantitative estimate of drug-likeness (QED) is 0.714. The molecule has 0 aliphatic carbocycles. The van der Waals surface area contributed by atoms with E-state index in [0.29, 0.717) is 19.1 Å². The van der Waals surface area contributed by atoms with Crippen LogP contribution in [0.25, 0.3) is 0 Å². The first-order valence-corrected chi connectivity index (χ1v) is 7.47. The molecule has 2 rings (SSSR count). The van der Waals surface area contributed by atoms with E-state index in [1.54, 1.807) is 0 Å². The third-order valence-corrected chi connectivity index (χ3v) is 4.11. The van der Waals surface area contributed by atoms with E-state index in [1.807, 2.05) is 6.92 Å². The fourth-order valence-electron chi connectivity index (χ4n) is 2.69. The van der Waals surface area contributed by atoms with Crippen molar-refractivity contribution in [1.82, 2.24) is 10.6 Å². The molecule has 0 aromatic rings. The van der Waals surface area contributed by atoms with E-state index >= 15 is 0 Å². The number of carbonyl (C=O) groups is 1. The molecule has 0 aromatic carbocycles. The summed E-state index contributed by atoms with van der Waals surface area (Å²) in [7, 11) is 0. The number of nitrogens with one attached hydrogen (secondary N) is 2. The molecule has 2 aliphatic rings. The first-order chi connectivity index (χ1) is 9.27. The lowest BCUT2D eigenvalue weighted by molar-refractivity contribution is -0.154. The van der Waals surface area contributed by atoms with Crippen molar-refractivity contribution in [2.75, 3.05) is 39.4 Å². The van der Waals surface area contributed by atoms with Gasteiger partial charge in [0, 0.05) is 13.1 Å². The maximum Gasteiger partial charge on any atom is 0.311 e. The van der Waals surface area contributed by atoms with Gasteiger partial charge in [0.2, 0.25) is 0 Å². The predicted octanol–water partition coefficient (Wildman–Crippen LogP) is 0.544. The molecular weight excluding hydrogens is 244 g/mol. The van der Waals surface area contributed by atoms with Gasteiger partial charge in [-0.3, -0.25) is 4.79 Å². The van der Waals surface area contributed by atoms with Crippen molar-refractivity contribution in [3.8, 4) is 0 Å². The van der Waals surface area contributed by atoms with Gasteiger partial charge in [-0.15, -0.1) is 0 Å². The molecule has 2 atom stereocenters. The molecule has 110 valence electrons. The summed E-state index contributed by atoms with van der Waals surface area (Å²) in [6.07, 6.45) is 3.34. The average molecular weight is 270 g/mol. The minimum Gasteiger partial charge on any atom is -0.465 e. The van der Waals surface area contributed by atoms with E-state index in [9.17, 15) is 4.79 Å². The lowest BCUT2D eigenvalue weighted by Gasteiger charge is -2.28. The highest BCUT2D eigenvalue weighted by Gasteiger charge is 2.27. The zero-order valence-electron chi connectivity index (χ0n) is 11.8. The van der Waals surface area contributed by atoms with Crippen LogP contribution in [0.1, 0.15) is 26.2 Å². The molecule has 0 radical (unpaired) electrons. The maximum absolute atomic E-state index is 11.9. The predicted molar refractivity (Wildman–Crippen MR) is 72.9 cm³/mol. The summed E-state index contributed by atoms with van der Waals surface area (Å²) in [5.41, 5.74) is 0. The van der Waals surface area contributed by atoms with E-state index < -0.39 is 0 Å². The number of esters is 1. The highest BCUT2D eigenvalue weighted by molar-refractivity contribution is 5.72. The fraction of sp³-hybridized carbons (Fsp3) is 0.929. The zero-order valence-corrected chi connectivity index (χ0v) is 11.8. The van der Waals surface area contributed by atoms with Crippen LogP contribution in [0.15, 0.2) is 0 Å². The molecule has 19 heavy (non-hydrogen) atoms. The average Bonchev–Trinajstić information content (AvgIpc) is 2.48. The number of carbonyl (C=O) groups excluding carboxylic acids is 1. The van der Waals surface area contributed by atoms with Crippen LogP contribution in [0.5, 0.6) is 0 Å². The first kappa shape index (κ1) is 14.8. The summed E-state index contributed by atoms with van der Waals surface area (Å²) >= 11 is 0. The molecule has 2 N–H and O–H groups in total. The molecule has 0 aromatic heterocycles. The minimum atomic E-state index is -0.180. The van der Waals surface area contributed by atoms with Gasteiger partial charge in [0.05, 0.1) is 25.2 Å². The highest BCUT2D eigenvalue weighted by Crippen LogP contribution is 2.17. The molecular formula is C14H26N2O3. The third kappa shape index (κ3) is 4.75. The van der Waals surface area contributed by atoms with Crippen LogP contribution in [-0.4, -0.2) is 51.5 Å². The molecule has 2 unspecified atom stereocenters. The van der Waals surface area contributed by atoms with Crippen LogP contribution in [-0.2, 0) is 14.3 Å². The van der Waals surface area contributed by atoms with E-state index in [0.717, 1.165) is 32.6 Å². The Morgan fingerprint density at radius 1 is 1.32 bits per heavy atom. The Kier molecular flexibility index (Phi) is 6.07. The molecule has 0 spiro atoms. The monoisotopic (exact) mass is 270 g/mol. The Hall–Kier alpha value is -0.650. The SMILES string of the molecule is CC(C(=O)OCCC1CCNCC1)C1CNCCO1. The molecule has 2 saturated heterocycles. The second-order valence-electron chi connectivity index (χ2n) is 5.55. The largest absolute Gasteiger partial charge is 0.465 e. The highest BCUT2D eigenvalue weighted by atomic mass is 16.5. The van der Waals surface area contributed by atoms with Gasteiger partial charge in [-0.25, -0.2) is 0 Å². The number of hydrogen-bond acceptors (Lipinski definition) is 5. The number of ether oxygens (including phenoxy) is 2. The second kappa shape index (κ2) is 7.82. The van der Waals surface area contributed by atoms with Crippen molar-refractivity contribution < 1.29 is 14.3 Å². The zero-order chi connectivity index (χ0) is 13.5. The fourth-order valence-corrected chi connectivity index (χ4v) is 2.69. The normalized spacial score (nSPS) is 26.9. The maximum atomic E-state index is 11.9.